The molecule has 0 unspecified atom stereocenters. The summed E-state index contributed by atoms with van der Waals surface area (Å²) in [5, 5.41) is 3.61. The van der Waals surface area contributed by atoms with Crippen LogP contribution in [-0.4, -0.2) is 199 Å². The van der Waals surface area contributed by atoms with Gasteiger partial charge >= 0.3 is 6.09 Å². The number of anilines is 2. The number of amides is 3. The van der Waals surface area contributed by atoms with Gasteiger partial charge in [-0.2, -0.15) is 0 Å². The minimum atomic E-state index is -0.590. The van der Waals surface area contributed by atoms with Gasteiger partial charge < -0.3 is 34.2 Å². The van der Waals surface area contributed by atoms with Gasteiger partial charge in [0.15, 0.2) is 0 Å². The largest absolute Gasteiger partial charge is 0.444 e. The van der Waals surface area contributed by atoms with Crippen molar-refractivity contribution in [1.82, 2.24) is 39.8 Å². The lowest BCUT2D eigenvalue weighted by molar-refractivity contribution is -0.122. The zero-order valence-electron chi connectivity index (χ0n) is 49.9. The molecule has 3 amide bonds. The molecule has 1 N–H and O–H groups in total. The van der Waals surface area contributed by atoms with Gasteiger partial charge in [-0.25, -0.2) is 13.6 Å². The zero-order valence-corrected chi connectivity index (χ0v) is 49.9. The van der Waals surface area contributed by atoms with Gasteiger partial charge in [0.1, 0.15) is 17.2 Å². The molecule has 440 valence electrons. The molecule has 0 saturated carbocycles. The number of ether oxygens (including phenoxy) is 3. The standard InChI is InChI=1S/C34H48FN5O4.C29H40FN5O2/c1-23-17-38(27(18-37-12-13-43-21-24(37)2)19-39(23)32(42)44-33(3,4)5)20-30(41)40-22-34(6,7)31-29(40)15-25(16-36-31)14-26-10-8-9-11-28(26)35;1-20-15-34(24(14-31-20)16-33-9-10-37-18-21(33)2)17-27(36)35-19-29(3,4)28-26(35)12-22(13-32-28)11-23-7-5-6-8-25(23)30/h8-11,15-16,23-24,27H,12-14,17-22H2,1-7H3;5-8,12-13,20-21,24,31H,9-11,14-19H2,1-4H3/t23-,24-,27+;20-,21-,24-/m11/s1. The number of nitrogens with one attached hydrogen (secondary N) is 1. The van der Waals surface area contributed by atoms with Crippen molar-refractivity contribution in [2.75, 3.05) is 115 Å². The van der Waals surface area contributed by atoms with Crippen LogP contribution in [-0.2, 0) is 47.5 Å². The molecule has 16 nitrogen and oxygen atoms in total. The minimum absolute atomic E-state index is 0.000360. The molecule has 10 rings (SSSR count). The van der Waals surface area contributed by atoms with E-state index in [1.54, 1.807) is 30.5 Å². The van der Waals surface area contributed by atoms with Crippen LogP contribution in [0.3, 0.4) is 0 Å². The number of aromatic nitrogens is 2. The lowest BCUT2D eigenvalue weighted by Crippen LogP contribution is -2.64. The average molecular weight is 1120 g/mol. The quantitative estimate of drug-likeness (QED) is 0.152. The van der Waals surface area contributed by atoms with Crippen molar-refractivity contribution in [3.63, 3.8) is 0 Å². The Morgan fingerprint density at radius 2 is 1.12 bits per heavy atom. The van der Waals surface area contributed by atoms with Gasteiger partial charge in [0.25, 0.3) is 0 Å². The number of rotatable bonds is 12. The van der Waals surface area contributed by atoms with Crippen LogP contribution in [0.2, 0.25) is 0 Å². The first-order chi connectivity index (χ1) is 38.4. The summed E-state index contributed by atoms with van der Waals surface area (Å²) in [7, 11) is 0. The highest BCUT2D eigenvalue weighted by atomic mass is 19.1. The lowest BCUT2D eigenvalue weighted by atomic mass is 9.91. The fraction of sp³-hybridized carbons (Fsp3) is 0.603. The molecule has 6 atom stereocenters. The number of hydrogen-bond donors (Lipinski definition) is 1. The van der Waals surface area contributed by atoms with E-state index in [9.17, 15) is 23.2 Å². The maximum Gasteiger partial charge on any atom is 0.410 e. The Kier molecular flexibility index (Phi) is 18.7. The number of nitrogens with zero attached hydrogens (tertiary/aromatic N) is 9. The number of halogens is 2. The van der Waals surface area contributed by atoms with Crippen LogP contribution in [0.25, 0.3) is 0 Å². The van der Waals surface area contributed by atoms with Crippen molar-refractivity contribution in [3.05, 3.63) is 118 Å². The van der Waals surface area contributed by atoms with E-state index < -0.39 is 5.60 Å². The Morgan fingerprint density at radius 3 is 1.59 bits per heavy atom. The average Bonchev–Trinajstić information content (AvgIpc) is 3.89. The molecule has 81 heavy (non-hydrogen) atoms. The van der Waals surface area contributed by atoms with E-state index in [0.717, 1.165) is 86.4 Å². The molecular formula is C63H88F2N10O6. The van der Waals surface area contributed by atoms with Gasteiger partial charge in [0, 0.05) is 138 Å². The zero-order chi connectivity index (χ0) is 58.0. The van der Waals surface area contributed by atoms with E-state index in [1.165, 1.54) is 12.1 Å². The van der Waals surface area contributed by atoms with Crippen molar-refractivity contribution in [2.45, 2.75) is 142 Å². The number of piperazine rings is 2. The summed E-state index contributed by atoms with van der Waals surface area (Å²) in [6, 6.07) is 18.7. The highest BCUT2D eigenvalue weighted by molar-refractivity contribution is 5.98. The molecule has 18 heteroatoms. The maximum absolute atomic E-state index is 14.4. The van der Waals surface area contributed by atoms with Crippen molar-refractivity contribution in [3.8, 4) is 0 Å². The van der Waals surface area contributed by atoms with Crippen LogP contribution in [0.1, 0.15) is 110 Å². The number of fused-ring (bicyclic) bond motifs is 2. The third kappa shape index (κ3) is 14.5. The molecule has 0 aliphatic carbocycles. The predicted octanol–water partition coefficient (Wildman–Crippen LogP) is 7.28. The molecule has 6 aliphatic heterocycles. The van der Waals surface area contributed by atoms with Gasteiger partial charge in [0.05, 0.1) is 62.3 Å². The number of benzene rings is 2. The summed E-state index contributed by atoms with van der Waals surface area (Å²) < 4.78 is 45.8. The second kappa shape index (κ2) is 25.2. The lowest BCUT2D eigenvalue weighted by Gasteiger charge is -2.47. The van der Waals surface area contributed by atoms with Crippen molar-refractivity contribution in [1.29, 1.82) is 0 Å². The molecular weight excluding hydrogens is 1030 g/mol. The normalized spacial score (nSPS) is 25.2. The summed E-state index contributed by atoms with van der Waals surface area (Å²) >= 11 is 0. The molecule has 4 saturated heterocycles. The Labute approximate surface area is 479 Å². The third-order valence-corrected chi connectivity index (χ3v) is 17.0. The molecule has 8 heterocycles. The summed E-state index contributed by atoms with van der Waals surface area (Å²) in [5.41, 5.74) is 5.35. The molecule has 0 bridgehead atoms. The number of carbonyl (C=O) groups excluding carboxylic acids is 3. The minimum Gasteiger partial charge on any atom is -0.444 e. The second-order valence-corrected chi connectivity index (χ2v) is 26.0. The van der Waals surface area contributed by atoms with E-state index >= 15 is 0 Å². The molecule has 0 radical (unpaired) electrons. The fourth-order valence-corrected chi connectivity index (χ4v) is 12.5. The Morgan fingerprint density at radius 1 is 0.654 bits per heavy atom. The van der Waals surface area contributed by atoms with E-state index in [-0.39, 0.29) is 71.1 Å². The van der Waals surface area contributed by atoms with Gasteiger partial charge in [-0.05, 0) is 95.0 Å². The van der Waals surface area contributed by atoms with E-state index in [0.29, 0.717) is 82.0 Å². The summed E-state index contributed by atoms with van der Waals surface area (Å²) in [6.07, 6.45) is 4.17. The van der Waals surface area contributed by atoms with Crippen molar-refractivity contribution < 1.29 is 37.4 Å². The van der Waals surface area contributed by atoms with Crippen LogP contribution >= 0.6 is 0 Å². The van der Waals surface area contributed by atoms with Crippen LogP contribution < -0.4 is 15.1 Å². The molecule has 4 aromatic rings. The van der Waals surface area contributed by atoms with Gasteiger partial charge in [-0.3, -0.25) is 39.2 Å². The third-order valence-electron chi connectivity index (χ3n) is 17.0. The van der Waals surface area contributed by atoms with Gasteiger partial charge in [-0.15, -0.1) is 0 Å². The number of hydrogen-bond acceptors (Lipinski definition) is 13. The molecule has 2 aromatic heterocycles. The smallest absolute Gasteiger partial charge is 0.410 e. The number of pyridine rings is 2. The van der Waals surface area contributed by atoms with Crippen LogP contribution in [0.15, 0.2) is 73.1 Å². The summed E-state index contributed by atoms with van der Waals surface area (Å²) in [4.78, 5) is 65.8. The SMILES string of the molecule is C[C@@H]1CN(CC(=O)N2CC(C)(C)c3ncc(Cc4ccccc4F)cc32)[C@@H](CN2CCOC[C@H]2C)CN1.C[C@@H]1COCCN1C[C@H]1CN(C(=O)OC(C)(C)C)[C@H](C)CN1CC(=O)N1CC(C)(C)c2ncc(Cc3ccccc3F)cc21. The second-order valence-electron chi connectivity index (χ2n) is 26.0. The number of morpholine rings is 2. The first-order valence-corrected chi connectivity index (χ1v) is 29.3. The van der Waals surface area contributed by atoms with Gasteiger partial charge in [-0.1, -0.05) is 64.1 Å². The number of carbonyl (C=O) groups is 3. The van der Waals surface area contributed by atoms with E-state index in [4.69, 9.17) is 24.2 Å². The molecule has 6 aliphatic rings. The molecule has 4 fully saturated rings. The van der Waals surface area contributed by atoms with Gasteiger partial charge in [0.2, 0.25) is 11.8 Å². The Hall–Kier alpha value is -5.47. The monoisotopic (exact) mass is 1120 g/mol. The molecule has 2 aromatic carbocycles. The summed E-state index contributed by atoms with van der Waals surface area (Å²) in [5.74, 6) is -0.364. The first kappa shape index (κ1) is 60.1. The Balaban J connectivity index is 0.000000198. The van der Waals surface area contributed by atoms with Crippen molar-refractivity contribution >= 4 is 29.3 Å². The van der Waals surface area contributed by atoms with Crippen molar-refractivity contribution in [2.24, 2.45) is 0 Å². The van der Waals surface area contributed by atoms with E-state index in [2.05, 4.69) is 73.4 Å². The van der Waals surface area contributed by atoms with Crippen LogP contribution in [0.4, 0.5) is 25.0 Å². The first-order valence-electron chi connectivity index (χ1n) is 29.3. The molecule has 0 spiro atoms. The van der Waals surface area contributed by atoms with Crippen LogP contribution in [0, 0.1) is 11.6 Å². The highest BCUT2D eigenvalue weighted by Gasteiger charge is 2.44. The predicted molar refractivity (Wildman–Crippen MR) is 312 cm³/mol. The topological polar surface area (TPSA) is 139 Å². The summed E-state index contributed by atoms with van der Waals surface area (Å²) in [6.45, 7) is 33.4. The highest BCUT2D eigenvalue weighted by Crippen LogP contribution is 2.41. The Bertz CT molecular complexity index is 2870. The van der Waals surface area contributed by atoms with E-state index in [1.807, 2.05) is 72.9 Å². The van der Waals surface area contributed by atoms with Crippen LogP contribution in [0.5, 0.6) is 0 Å². The maximum atomic E-state index is 14.4. The fourth-order valence-electron chi connectivity index (χ4n) is 12.5.